The molecule has 0 spiro atoms. The van der Waals surface area contributed by atoms with E-state index in [0.29, 0.717) is 5.89 Å². The first-order valence-electron chi connectivity index (χ1n) is 7.19. The zero-order valence-electron chi connectivity index (χ0n) is 13.5. The molecule has 0 amide bonds. The van der Waals surface area contributed by atoms with Gasteiger partial charge in [0.15, 0.2) is 18.2 Å². The van der Waals surface area contributed by atoms with Crippen LogP contribution in [0.15, 0.2) is 59.4 Å². The van der Waals surface area contributed by atoms with E-state index in [9.17, 15) is 17.3 Å². The Balaban J connectivity index is 0.000000399. The molecule has 25 heavy (non-hydrogen) atoms. The van der Waals surface area contributed by atoms with Crippen LogP contribution in [0.25, 0.3) is 22.8 Å². The van der Waals surface area contributed by atoms with Gasteiger partial charge < -0.3 is 26.4 Å². The number of hydrogen-bond acceptors (Lipinski definition) is 3. The Morgan fingerprint density at radius 2 is 1.52 bits per heavy atom. The van der Waals surface area contributed by atoms with Crippen molar-refractivity contribution in [2.24, 2.45) is 7.05 Å². The summed E-state index contributed by atoms with van der Waals surface area (Å²) in [5.41, 5.74) is 1.94. The number of benzene rings is 1. The molecule has 0 fully saturated rings. The molecule has 0 saturated heterocycles. The number of aromatic nitrogens is 2. The molecule has 0 aliphatic carbocycles. The lowest BCUT2D eigenvalue weighted by molar-refractivity contribution is -0.671. The number of ether oxygens (including phenoxy) is 1. The van der Waals surface area contributed by atoms with Gasteiger partial charge >= 0.3 is 7.25 Å². The number of nitrogens with zero attached hydrogens (tertiary/aromatic N) is 2. The standard InChI is InChI=1S/C16H15N2O2.BF4/c1-18-9-7-13(8-10-18)16-17-11-15(20-16)12-3-5-14(19-2)6-4-12;2-1(3,4)5/h3-11H,1-2H3;/q+1;-1. The van der Waals surface area contributed by atoms with Crippen molar-refractivity contribution in [3.8, 4) is 28.5 Å². The van der Waals surface area contributed by atoms with Crippen molar-refractivity contribution >= 4 is 7.25 Å². The predicted molar refractivity (Wildman–Crippen MR) is 85.3 cm³/mol. The molecular weight excluding hydrogens is 339 g/mol. The summed E-state index contributed by atoms with van der Waals surface area (Å²) in [5, 5.41) is 0. The third-order valence-corrected chi connectivity index (χ3v) is 3.11. The Hall–Kier alpha value is -2.84. The van der Waals surface area contributed by atoms with Gasteiger partial charge in [0.05, 0.1) is 13.3 Å². The third kappa shape index (κ3) is 5.94. The van der Waals surface area contributed by atoms with Gasteiger partial charge in [0, 0.05) is 23.3 Å². The second-order valence-corrected chi connectivity index (χ2v) is 5.01. The molecule has 0 aliphatic rings. The van der Waals surface area contributed by atoms with Crippen LogP contribution in [0.3, 0.4) is 0 Å². The molecule has 3 aromatic rings. The number of rotatable bonds is 3. The summed E-state index contributed by atoms with van der Waals surface area (Å²) in [7, 11) is -2.38. The van der Waals surface area contributed by atoms with Crippen molar-refractivity contribution < 1.29 is 31.0 Å². The lowest BCUT2D eigenvalue weighted by atomic mass is 10.2. The molecule has 0 atom stereocenters. The van der Waals surface area contributed by atoms with E-state index in [-0.39, 0.29) is 0 Å². The number of hydrogen-bond donors (Lipinski definition) is 0. The molecule has 0 unspecified atom stereocenters. The quantitative estimate of drug-likeness (QED) is 0.403. The highest BCUT2D eigenvalue weighted by Crippen LogP contribution is 2.26. The molecule has 0 aliphatic heterocycles. The summed E-state index contributed by atoms with van der Waals surface area (Å²) in [4.78, 5) is 4.33. The summed E-state index contributed by atoms with van der Waals surface area (Å²) in [6, 6.07) is 11.7. The summed E-state index contributed by atoms with van der Waals surface area (Å²) >= 11 is 0. The zero-order valence-corrected chi connectivity index (χ0v) is 13.5. The van der Waals surface area contributed by atoms with E-state index in [2.05, 4.69) is 4.98 Å². The second-order valence-electron chi connectivity index (χ2n) is 5.01. The van der Waals surface area contributed by atoms with Gasteiger partial charge in [-0.2, -0.15) is 0 Å². The smallest absolute Gasteiger partial charge is 0.497 e. The van der Waals surface area contributed by atoms with Crippen LogP contribution < -0.4 is 9.30 Å². The summed E-state index contributed by atoms with van der Waals surface area (Å²) in [6.07, 6.45) is 5.67. The normalized spacial score (nSPS) is 10.8. The summed E-state index contributed by atoms with van der Waals surface area (Å²) < 4.78 is 51.9. The number of oxazole rings is 1. The average Bonchev–Trinajstić information content (AvgIpc) is 3.04. The maximum atomic E-state index is 9.75. The van der Waals surface area contributed by atoms with E-state index in [1.165, 1.54) is 0 Å². The van der Waals surface area contributed by atoms with Gasteiger partial charge in [0.1, 0.15) is 12.8 Å². The molecule has 0 bridgehead atoms. The number of halogens is 4. The molecule has 9 heteroatoms. The first-order valence-corrected chi connectivity index (χ1v) is 7.19. The van der Waals surface area contributed by atoms with Gasteiger partial charge in [0.25, 0.3) is 0 Å². The van der Waals surface area contributed by atoms with Gasteiger partial charge in [-0.25, -0.2) is 9.55 Å². The van der Waals surface area contributed by atoms with E-state index >= 15 is 0 Å². The Morgan fingerprint density at radius 3 is 2.04 bits per heavy atom. The van der Waals surface area contributed by atoms with E-state index in [1.54, 1.807) is 13.3 Å². The highest BCUT2D eigenvalue weighted by atomic mass is 19.5. The molecule has 132 valence electrons. The molecular formula is C16H15BF4N2O2. The van der Waals surface area contributed by atoms with Gasteiger partial charge in [-0.15, -0.1) is 0 Å². The van der Waals surface area contributed by atoms with Crippen LogP contribution in [0.5, 0.6) is 5.75 Å². The summed E-state index contributed by atoms with van der Waals surface area (Å²) in [5.74, 6) is 2.19. The molecule has 4 nitrogen and oxygen atoms in total. The molecule has 0 saturated carbocycles. The largest absolute Gasteiger partial charge is 0.673 e. The minimum absolute atomic E-state index is 0.622. The highest BCUT2D eigenvalue weighted by molar-refractivity contribution is 6.50. The van der Waals surface area contributed by atoms with Crippen LogP contribution in [0.2, 0.25) is 0 Å². The minimum atomic E-state index is -6.00. The monoisotopic (exact) mass is 354 g/mol. The van der Waals surface area contributed by atoms with E-state index in [1.807, 2.05) is 60.4 Å². The summed E-state index contributed by atoms with van der Waals surface area (Å²) in [6.45, 7) is 0. The van der Waals surface area contributed by atoms with Crippen LogP contribution in [0, 0.1) is 0 Å². The van der Waals surface area contributed by atoms with E-state index in [4.69, 9.17) is 9.15 Å². The fourth-order valence-corrected chi connectivity index (χ4v) is 1.94. The topological polar surface area (TPSA) is 39.1 Å². The lowest BCUT2D eigenvalue weighted by Gasteiger charge is -2.00. The van der Waals surface area contributed by atoms with Crippen LogP contribution in [-0.4, -0.2) is 19.3 Å². The second kappa shape index (κ2) is 7.82. The average molecular weight is 354 g/mol. The van der Waals surface area contributed by atoms with Crippen LogP contribution in [0.1, 0.15) is 0 Å². The molecule has 2 aromatic heterocycles. The Bertz CT molecular complexity index is 796. The zero-order chi connectivity index (χ0) is 18.4. The Labute approximate surface area is 141 Å². The van der Waals surface area contributed by atoms with Gasteiger partial charge in [-0.3, -0.25) is 0 Å². The maximum absolute atomic E-state index is 9.75. The van der Waals surface area contributed by atoms with E-state index in [0.717, 1.165) is 22.6 Å². The molecule has 3 rings (SSSR count). The van der Waals surface area contributed by atoms with Crippen LogP contribution in [-0.2, 0) is 7.05 Å². The van der Waals surface area contributed by atoms with Gasteiger partial charge in [0.2, 0.25) is 5.89 Å². The van der Waals surface area contributed by atoms with Crippen LogP contribution in [0.4, 0.5) is 17.3 Å². The molecule has 1 aromatic carbocycles. The molecule has 2 heterocycles. The third-order valence-electron chi connectivity index (χ3n) is 3.11. The first kappa shape index (κ1) is 18.5. The van der Waals surface area contributed by atoms with Crippen molar-refractivity contribution in [2.45, 2.75) is 0 Å². The number of methoxy groups -OCH3 is 1. The predicted octanol–water partition coefficient (Wildman–Crippen LogP) is 4.14. The van der Waals surface area contributed by atoms with Crippen molar-refractivity contribution in [3.05, 3.63) is 55.0 Å². The van der Waals surface area contributed by atoms with Gasteiger partial charge in [-0.05, 0) is 24.3 Å². The highest BCUT2D eigenvalue weighted by Gasteiger charge is 2.20. The molecule has 0 radical (unpaired) electrons. The van der Waals surface area contributed by atoms with E-state index < -0.39 is 7.25 Å². The van der Waals surface area contributed by atoms with Crippen LogP contribution >= 0.6 is 0 Å². The molecule has 0 N–H and O–H groups in total. The number of pyridine rings is 1. The fraction of sp³-hybridized carbons (Fsp3) is 0.125. The minimum Gasteiger partial charge on any atom is -0.497 e. The Morgan fingerprint density at radius 1 is 0.960 bits per heavy atom. The first-order chi connectivity index (χ1) is 11.8. The number of aryl methyl sites for hydroxylation is 1. The van der Waals surface area contributed by atoms with Crippen molar-refractivity contribution in [1.82, 2.24) is 4.98 Å². The SMILES string of the molecule is COc1ccc(-c2cnc(-c3cc[n+](C)cc3)o2)cc1.F[B-](F)(F)F. The van der Waals surface area contributed by atoms with Gasteiger partial charge in [-0.1, -0.05) is 0 Å². The lowest BCUT2D eigenvalue weighted by Crippen LogP contribution is -2.25. The maximum Gasteiger partial charge on any atom is 0.673 e. The fourth-order valence-electron chi connectivity index (χ4n) is 1.94. The Kier molecular flexibility index (Phi) is 5.79. The van der Waals surface area contributed by atoms with Crippen molar-refractivity contribution in [2.75, 3.05) is 7.11 Å². The van der Waals surface area contributed by atoms with Crippen molar-refractivity contribution in [1.29, 1.82) is 0 Å². The van der Waals surface area contributed by atoms with Crippen molar-refractivity contribution in [3.63, 3.8) is 0 Å².